The molecule has 164 valence electrons. The van der Waals surface area contributed by atoms with Crippen LogP contribution in [0.25, 0.3) is 22.9 Å². The average Bonchev–Trinajstić information content (AvgIpc) is 3.30. The van der Waals surface area contributed by atoms with Gasteiger partial charge in [-0.3, -0.25) is 10.4 Å². The summed E-state index contributed by atoms with van der Waals surface area (Å²) in [7, 11) is 1.95. The Morgan fingerprint density at radius 3 is 2.64 bits per heavy atom. The van der Waals surface area contributed by atoms with Crippen LogP contribution in [0.15, 0.2) is 73.1 Å². The third-order valence-electron chi connectivity index (χ3n) is 6.06. The smallest absolute Gasteiger partial charge is 0.147 e. The number of nitrogens with zero attached hydrogens (tertiary/aromatic N) is 4. The Morgan fingerprint density at radius 1 is 1.03 bits per heavy atom. The first-order valence-electron chi connectivity index (χ1n) is 10.9. The van der Waals surface area contributed by atoms with Gasteiger partial charge in [-0.05, 0) is 60.9 Å². The lowest BCUT2D eigenvalue weighted by atomic mass is 9.89. The van der Waals surface area contributed by atoms with Crippen molar-refractivity contribution < 1.29 is 4.79 Å². The number of aromatic nitrogens is 3. The highest BCUT2D eigenvalue weighted by molar-refractivity contribution is 6.01. The number of benzene rings is 2. The van der Waals surface area contributed by atoms with Crippen molar-refractivity contribution in [2.24, 2.45) is 0 Å². The summed E-state index contributed by atoms with van der Waals surface area (Å²) >= 11 is 0. The third kappa shape index (κ3) is 3.91. The predicted molar refractivity (Wildman–Crippen MR) is 133 cm³/mol. The van der Waals surface area contributed by atoms with Crippen molar-refractivity contribution in [3.05, 3.63) is 95.4 Å². The molecule has 6 nitrogen and oxygen atoms in total. The summed E-state index contributed by atoms with van der Waals surface area (Å²) in [5.41, 5.74) is 12.2. The molecule has 2 aromatic heterocycles. The first-order valence-corrected chi connectivity index (χ1v) is 10.9. The van der Waals surface area contributed by atoms with E-state index in [1.807, 2.05) is 79.8 Å². The zero-order valence-corrected chi connectivity index (χ0v) is 18.9. The molecule has 1 aliphatic rings. The number of likely N-dealkylation sites (N-methyl/N-ethyl adjacent to an activating group) is 1. The van der Waals surface area contributed by atoms with Gasteiger partial charge in [-0.2, -0.15) is 9.89 Å². The minimum absolute atomic E-state index is 0.373. The van der Waals surface area contributed by atoms with Crippen molar-refractivity contribution in [3.8, 4) is 11.3 Å². The van der Waals surface area contributed by atoms with Gasteiger partial charge in [0.1, 0.15) is 12.3 Å². The van der Waals surface area contributed by atoms with Gasteiger partial charge in [-0.15, -0.1) is 0 Å². The third-order valence-corrected chi connectivity index (χ3v) is 6.06. The van der Waals surface area contributed by atoms with Crippen molar-refractivity contribution in [1.82, 2.24) is 14.9 Å². The molecule has 0 fully saturated rings. The second-order valence-corrected chi connectivity index (χ2v) is 8.33. The van der Waals surface area contributed by atoms with Crippen LogP contribution in [0.1, 0.15) is 22.4 Å². The molecule has 0 radical (unpaired) electrons. The maximum Gasteiger partial charge on any atom is 0.147 e. The van der Waals surface area contributed by atoms with Crippen LogP contribution in [0.4, 0.5) is 11.4 Å². The minimum atomic E-state index is -0.373. The number of fused-ring (bicyclic) bond motifs is 1. The molecule has 33 heavy (non-hydrogen) atoms. The van der Waals surface area contributed by atoms with Crippen molar-refractivity contribution in [3.63, 3.8) is 0 Å². The lowest BCUT2D eigenvalue weighted by Gasteiger charge is -2.34. The van der Waals surface area contributed by atoms with Crippen molar-refractivity contribution in [1.29, 1.82) is 0 Å². The van der Waals surface area contributed by atoms with E-state index in [1.165, 1.54) is 0 Å². The van der Waals surface area contributed by atoms with Crippen LogP contribution in [-0.2, 0) is 4.79 Å². The van der Waals surface area contributed by atoms with Gasteiger partial charge in [0.2, 0.25) is 0 Å². The molecule has 6 heteroatoms. The highest BCUT2D eigenvalue weighted by Gasteiger charge is 2.28. The number of rotatable bonds is 5. The molecule has 0 spiro atoms. The Kier molecular flexibility index (Phi) is 5.26. The molecule has 2 aromatic carbocycles. The highest BCUT2D eigenvalue weighted by Crippen LogP contribution is 2.37. The van der Waals surface area contributed by atoms with E-state index in [1.54, 1.807) is 4.79 Å². The summed E-state index contributed by atoms with van der Waals surface area (Å²) in [6.07, 6.45) is 6.85. The minimum Gasteiger partial charge on any atom is -0.360 e. The summed E-state index contributed by atoms with van der Waals surface area (Å²) in [6.45, 7) is 4.02. The van der Waals surface area contributed by atoms with E-state index in [2.05, 4.69) is 40.6 Å². The zero-order chi connectivity index (χ0) is 22.9. The van der Waals surface area contributed by atoms with E-state index in [-0.39, 0.29) is 6.04 Å². The number of hydrogen-bond acceptors (Lipinski definition) is 5. The highest BCUT2D eigenvalue weighted by atomic mass is 16.1. The number of aldehydes is 1. The molecular formula is C27H25N5O. The topological polar surface area (TPSA) is 63.1 Å². The van der Waals surface area contributed by atoms with Gasteiger partial charge in [-0.1, -0.05) is 36.4 Å². The molecule has 3 heterocycles. The maximum absolute atomic E-state index is 12.1. The first kappa shape index (κ1) is 20.7. The largest absolute Gasteiger partial charge is 0.360 e. The number of hydrogen-bond donors (Lipinski definition) is 1. The van der Waals surface area contributed by atoms with Crippen LogP contribution < -0.4 is 10.3 Å². The molecule has 1 unspecified atom stereocenters. The lowest BCUT2D eigenvalue weighted by Crippen LogP contribution is -2.36. The normalized spacial score (nSPS) is 15.1. The second kappa shape index (κ2) is 8.39. The maximum atomic E-state index is 12.1. The van der Waals surface area contributed by atoms with Gasteiger partial charge < -0.3 is 9.69 Å². The summed E-state index contributed by atoms with van der Waals surface area (Å²) in [4.78, 5) is 20.3. The van der Waals surface area contributed by atoms with Crippen LogP contribution in [0.2, 0.25) is 0 Å². The van der Waals surface area contributed by atoms with Gasteiger partial charge in [0.05, 0.1) is 11.4 Å². The molecule has 0 amide bonds. The number of carbonyl (C=O) groups is 1. The van der Waals surface area contributed by atoms with Gasteiger partial charge in [0, 0.05) is 41.9 Å². The fourth-order valence-corrected chi connectivity index (χ4v) is 4.27. The van der Waals surface area contributed by atoms with Crippen LogP contribution in [0.3, 0.4) is 0 Å². The number of anilines is 2. The van der Waals surface area contributed by atoms with E-state index in [4.69, 9.17) is 0 Å². The lowest BCUT2D eigenvalue weighted by molar-refractivity contribution is -0.107. The Labute approximate surface area is 193 Å². The summed E-state index contributed by atoms with van der Waals surface area (Å²) in [5, 5.41) is 4.64. The molecule has 1 N–H and O–H groups in total. The average molecular weight is 436 g/mol. The van der Waals surface area contributed by atoms with E-state index in [0.29, 0.717) is 0 Å². The molecule has 0 saturated carbocycles. The predicted octanol–water partition coefficient (Wildman–Crippen LogP) is 5.00. The fraction of sp³-hybridized carbons (Fsp3) is 0.148. The zero-order valence-electron chi connectivity index (χ0n) is 18.9. The molecule has 0 bridgehead atoms. The fourth-order valence-electron chi connectivity index (χ4n) is 4.27. The van der Waals surface area contributed by atoms with Gasteiger partial charge >= 0.3 is 0 Å². The van der Waals surface area contributed by atoms with Crippen molar-refractivity contribution >= 4 is 29.3 Å². The van der Waals surface area contributed by atoms with E-state index < -0.39 is 0 Å². The quantitative estimate of drug-likeness (QED) is 0.447. The Balaban J connectivity index is 1.49. The van der Waals surface area contributed by atoms with Crippen molar-refractivity contribution in [2.45, 2.75) is 19.9 Å². The molecule has 4 aromatic rings. The van der Waals surface area contributed by atoms with Crippen LogP contribution >= 0.6 is 0 Å². The summed E-state index contributed by atoms with van der Waals surface area (Å²) < 4.78 is 0. The summed E-state index contributed by atoms with van der Waals surface area (Å²) in [6, 6.07) is 19.8. The number of aryl methyl sites for hydroxylation is 2. The number of pyridine rings is 1. The standard InChI is InChI=1S/C27H25N5O/c1-18-9-10-22(29-32-12-11-25(30-32)20-7-5-4-6-8-20)15-23(18)24-14-21-16-28-19(2)13-26(21)31(3)27(24)17-33/h4-17,27,29H,1-3H3. The van der Waals surface area contributed by atoms with Crippen LogP contribution in [0, 0.1) is 13.8 Å². The monoisotopic (exact) mass is 435 g/mol. The molecule has 1 atom stereocenters. The SMILES string of the molecule is Cc1cc2c(cn1)C=C(c1cc(Nn3ccc(-c4ccccc4)n3)ccc1C)C(C=O)N2C. The molecule has 0 saturated heterocycles. The van der Waals surface area contributed by atoms with Crippen LogP contribution in [0.5, 0.6) is 0 Å². The van der Waals surface area contributed by atoms with E-state index in [9.17, 15) is 4.79 Å². The first-order chi connectivity index (χ1) is 16.0. The van der Waals surface area contributed by atoms with E-state index >= 15 is 0 Å². The molecule has 0 aliphatic carbocycles. The van der Waals surface area contributed by atoms with Gasteiger partial charge in [0.25, 0.3) is 0 Å². The Bertz CT molecular complexity index is 1360. The molecular weight excluding hydrogens is 410 g/mol. The Morgan fingerprint density at radius 2 is 1.85 bits per heavy atom. The number of carbonyl (C=O) groups excluding carboxylic acids is 1. The van der Waals surface area contributed by atoms with Crippen molar-refractivity contribution in [2.75, 3.05) is 17.4 Å². The Hall–Kier alpha value is -4.19. The summed E-state index contributed by atoms with van der Waals surface area (Å²) in [5.74, 6) is 0. The van der Waals surface area contributed by atoms with E-state index in [0.717, 1.165) is 56.9 Å². The molecule has 1 aliphatic heterocycles. The van der Waals surface area contributed by atoms with Gasteiger partial charge in [0.15, 0.2) is 0 Å². The number of nitrogens with one attached hydrogen (secondary N) is 1. The van der Waals surface area contributed by atoms with Gasteiger partial charge in [-0.25, -0.2) is 0 Å². The molecule has 5 rings (SSSR count). The van der Waals surface area contributed by atoms with Crippen LogP contribution in [-0.4, -0.2) is 34.2 Å². The second-order valence-electron chi connectivity index (χ2n) is 8.33.